The predicted molar refractivity (Wildman–Crippen MR) is 79.2 cm³/mol. The van der Waals surface area contributed by atoms with E-state index >= 15 is 0 Å². The fraction of sp³-hybridized carbons (Fsp3) is 0.769. The van der Waals surface area contributed by atoms with Crippen LogP contribution in [0.4, 0.5) is 0 Å². The van der Waals surface area contributed by atoms with Crippen LogP contribution in [0, 0.1) is 11.8 Å². The summed E-state index contributed by atoms with van der Waals surface area (Å²) in [6.45, 7) is 10.2. The molecule has 114 valence electrons. The number of aromatic nitrogens is 2. The fourth-order valence-electron chi connectivity index (χ4n) is 1.75. The second-order valence-corrected chi connectivity index (χ2v) is 6.47. The van der Waals surface area contributed by atoms with Crippen molar-refractivity contribution in [3.8, 4) is 0 Å². The van der Waals surface area contributed by atoms with Gasteiger partial charge < -0.3 is 15.1 Å². The molecule has 1 aromatic rings. The van der Waals surface area contributed by atoms with E-state index in [1.54, 1.807) is 0 Å². The van der Waals surface area contributed by atoms with Crippen molar-refractivity contribution >= 4 is 17.7 Å². The van der Waals surface area contributed by atoms with Gasteiger partial charge in [0.1, 0.15) is 0 Å². The molecular weight excluding hydrogens is 276 g/mol. The summed E-state index contributed by atoms with van der Waals surface area (Å²) in [5, 5.41) is 8.00. The summed E-state index contributed by atoms with van der Waals surface area (Å²) in [4.78, 5) is 14.2. The van der Waals surface area contributed by atoms with Crippen molar-refractivity contribution in [3.63, 3.8) is 0 Å². The normalized spacial score (nSPS) is 11.3. The summed E-state index contributed by atoms with van der Waals surface area (Å²) < 4.78 is 5.27. The molecule has 0 unspecified atom stereocenters. The van der Waals surface area contributed by atoms with Crippen molar-refractivity contribution in [2.45, 2.75) is 39.5 Å². The van der Waals surface area contributed by atoms with Crippen LogP contribution in [0.3, 0.4) is 0 Å². The number of hydrogen-bond acceptors (Lipinski definition) is 6. The van der Waals surface area contributed by atoms with E-state index in [2.05, 4.69) is 37.9 Å². The van der Waals surface area contributed by atoms with Crippen LogP contribution in [0.1, 0.15) is 33.6 Å². The maximum Gasteiger partial charge on any atom is 0.277 e. The molecule has 20 heavy (non-hydrogen) atoms. The summed E-state index contributed by atoms with van der Waals surface area (Å²) in [6, 6.07) is 0. The van der Waals surface area contributed by atoms with Crippen LogP contribution in [0.15, 0.2) is 9.64 Å². The van der Waals surface area contributed by atoms with Crippen molar-refractivity contribution < 1.29 is 9.21 Å². The van der Waals surface area contributed by atoms with E-state index in [1.165, 1.54) is 11.8 Å². The molecular formula is C13H24N4O2S. The van der Waals surface area contributed by atoms with Crippen LogP contribution in [-0.2, 0) is 11.3 Å². The van der Waals surface area contributed by atoms with Crippen LogP contribution >= 0.6 is 11.8 Å². The Morgan fingerprint density at radius 1 is 1.25 bits per heavy atom. The zero-order valence-corrected chi connectivity index (χ0v) is 13.4. The van der Waals surface area contributed by atoms with Crippen molar-refractivity contribution in [1.29, 1.82) is 0 Å². The minimum atomic E-state index is 0.102. The fourth-order valence-corrected chi connectivity index (χ4v) is 2.44. The van der Waals surface area contributed by atoms with Gasteiger partial charge in [-0.1, -0.05) is 39.5 Å². The van der Waals surface area contributed by atoms with Gasteiger partial charge >= 0.3 is 0 Å². The number of hydrogen-bond donors (Lipinski definition) is 1. The summed E-state index contributed by atoms with van der Waals surface area (Å²) in [5.41, 5.74) is 5.40. The molecule has 0 saturated carbocycles. The molecule has 7 heteroatoms. The number of nitrogens with two attached hydrogens (primary N) is 1. The first-order valence-electron chi connectivity index (χ1n) is 6.85. The first-order chi connectivity index (χ1) is 9.42. The smallest absolute Gasteiger partial charge is 0.277 e. The highest BCUT2D eigenvalue weighted by molar-refractivity contribution is 7.99. The molecule has 1 heterocycles. The Hall–Kier alpha value is -1.08. The van der Waals surface area contributed by atoms with E-state index in [4.69, 9.17) is 10.2 Å². The molecule has 0 aliphatic heterocycles. The number of rotatable bonds is 8. The first-order valence-corrected chi connectivity index (χ1v) is 7.84. The highest BCUT2D eigenvalue weighted by Crippen LogP contribution is 2.17. The van der Waals surface area contributed by atoms with Crippen LogP contribution in [-0.4, -0.2) is 39.8 Å². The summed E-state index contributed by atoms with van der Waals surface area (Å²) >= 11 is 1.26. The number of nitrogens with zero attached hydrogens (tertiary/aromatic N) is 3. The first kappa shape index (κ1) is 17.0. The molecule has 1 amide bonds. The Labute approximate surface area is 124 Å². The van der Waals surface area contributed by atoms with Gasteiger partial charge in [-0.2, -0.15) is 0 Å². The van der Waals surface area contributed by atoms with Gasteiger partial charge in [0.25, 0.3) is 5.22 Å². The maximum absolute atomic E-state index is 12.3. The molecule has 0 radical (unpaired) electrons. The van der Waals surface area contributed by atoms with Gasteiger partial charge in [0.15, 0.2) is 0 Å². The van der Waals surface area contributed by atoms with Gasteiger partial charge in [-0.15, -0.1) is 10.2 Å². The number of carbonyl (C=O) groups is 1. The maximum atomic E-state index is 12.3. The van der Waals surface area contributed by atoms with Gasteiger partial charge in [0.05, 0.1) is 12.3 Å². The van der Waals surface area contributed by atoms with E-state index in [0.717, 1.165) is 13.1 Å². The third-order valence-electron chi connectivity index (χ3n) is 2.47. The van der Waals surface area contributed by atoms with Crippen LogP contribution < -0.4 is 5.73 Å². The molecule has 2 N–H and O–H groups in total. The van der Waals surface area contributed by atoms with Crippen molar-refractivity contribution in [2.75, 3.05) is 18.8 Å². The Morgan fingerprint density at radius 3 is 2.30 bits per heavy atom. The largest absolute Gasteiger partial charge is 0.415 e. The Kier molecular flexibility index (Phi) is 7.01. The van der Waals surface area contributed by atoms with Gasteiger partial charge in [-0.3, -0.25) is 4.79 Å². The SMILES string of the molecule is CC(C)CN(CC(C)C)C(=O)CSc1nnc(CN)o1. The second-order valence-electron chi connectivity index (χ2n) is 5.54. The lowest BCUT2D eigenvalue weighted by Gasteiger charge is -2.26. The summed E-state index contributed by atoms with van der Waals surface area (Å²) in [5.74, 6) is 1.71. The van der Waals surface area contributed by atoms with E-state index in [9.17, 15) is 4.79 Å². The van der Waals surface area contributed by atoms with E-state index in [-0.39, 0.29) is 12.5 Å². The molecule has 0 spiro atoms. The molecule has 1 rings (SSSR count). The third kappa shape index (κ3) is 5.92. The molecule has 0 bridgehead atoms. The number of carbonyl (C=O) groups excluding carboxylic acids is 1. The average Bonchev–Trinajstić information content (AvgIpc) is 2.82. The van der Waals surface area contributed by atoms with Crippen LogP contribution in [0.25, 0.3) is 0 Å². The topological polar surface area (TPSA) is 85.2 Å². The Balaban J connectivity index is 2.52. The molecule has 6 nitrogen and oxygen atoms in total. The monoisotopic (exact) mass is 300 g/mol. The zero-order valence-electron chi connectivity index (χ0n) is 12.6. The van der Waals surface area contributed by atoms with Crippen molar-refractivity contribution in [3.05, 3.63) is 5.89 Å². The van der Waals surface area contributed by atoms with Gasteiger partial charge in [-0.05, 0) is 11.8 Å². The Morgan fingerprint density at radius 2 is 1.85 bits per heavy atom. The van der Waals surface area contributed by atoms with Gasteiger partial charge in [-0.25, -0.2) is 0 Å². The predicted octanol–water partition coefficient (Wildman–Crippen LogP) is 1.76. The molecule has 0 aliphatic rings. The van der Waals surface area contributed by atoms with E-state index in [1.807, 2.05) is 4.90 Å². The van der Waals surface area contributed by atoms with Gasteiger partial charge in [0, 0.05) is 13.1 Å². The van der Waals surface area contributed by atoms with Crippen LogP contribution in [0.5, 0.6) is 0 Å². The lowest BCUT2D eigenvalue weighted by molar-refractivity contribution is -0.129. The lowest BCUT2D eigenvalue weighted by atomic mass is 10.1. The standard InChI is InChI=1S/C13H24N4O2S/c1-9(2)6-17(7-10(3)4)12(18)8-20-13-16-15-11(5-14)19-13/h9-10H,5-8,14H2,1-4H3. The molecule has 0 fully saturated rings. The van der Waals surface area contributed by atoms with Crippen LogP contribution in [0.2, 0.25) is 0 Å². The molecule has 0 atom stereocenters. The summed E-state index contributed by atoms with van der Waals surface area (Å²) in [6.07, 6.45) is 0. The molecule has 1 aromatic heterocycles. The zero-order chi connectivity index (χ0) is 15.1. The van der Waals surface area contributed by atoms with Crippen molar-refractivity contribution in [1.82, 2.24) is 15.1 Å². The highest BCUT2D eigenvalue weighted by atomic mass is 32.2. The molecule has 0 saturated heterocycles. The highest BCUT2D eigenvalue weighted by Gasteiger charge is 2.17. The molecule has 0 aliphatic carbocycles. The summed E-state index contributed by atoms with van der Waals surface area (Å²) in [7, 11) is 0. The Bertz CT molecular complexity index is 410. The lowest BCUT2D eigenvalue weighted by Crippen LogP contribution is -2.38. The molecule has 0 aromatic carbocycles. The van der Waals surface area contributed by atoms with Gasteiger partial charge in [0.2, 0.25) is 11.8 Å². The average molecular weight is 300 g/mol. The quantitative estimate of drug-likeness (QED) is 0.736. The van der Waals surface area contributed by atoms with Crippen molar-refractivity contribution in [2.24, 2.45) is 17.6 Å². The minimum absolute atomic E-state index is 0.102. The third-order valence-corrected chi connectivity index (χ3v) is 3.27. The minimum Gasteiger partial charge on any atom is -0.415 e. The van der Waals surface area contributed by atoms with E-state index in [0.29, 0.717) is 28.7 Å². The van der Waals surface area contributed by atoms with E-state index < -0.39 is 0 Å². The number of thioether (sulfide) groups is 1. The second kappa shape index (κ2) is 8.26. The number of amides is 1.